The third-order valence-electron chi connectivity index (χ3n) is 6.28. The molecule has 3 aromatic rings. The van der Waals surface area contributed by atoms with Gasteiger partial charge in [-0.3, -0.25) is 19.3 Å². The number of aromatic nitrogens is 3. The van der Waals surface area contributed by atoms with Crippen LogP contribution >= 0.6 is 0 Å². The summed E-state index contributed by atoms with van der Waals surface area (Å²) in [6.45, 7) is 5.59. The molecule has 10 nitrogen and oxygen atoms in total. The van der Waals surface area contributed by atoms with Gasteiger partial charge in [-0.05, 0) is 50.2 Å². The van der Waals surface area contributed by atoms with Crippen molar-refractivity contribution in [2.24, 2.45) is 0 Å². The predicted molar refractivity (Wildman–Crippen MR) is 129 cm³/mol. The molecule has 1 unspecified atom stereocenters. The number of aryl methyl sites for hydroxylation is 1. The Morgan fingerprint density at radius 2 is 1.54 bits per heavy atom. The number of nitrogens with zero attached hydrogens (tertiary/aromatic N) is 6. The Labute approximate surface area is 202 Å². The molecule has 0 radical (unpaired) electrons. The maximum Gasteiger partial charge on any atom is 0.262 e. The molecule has 2 aliphatic rings. The highest BCUT2D eigenvalue weighted by Gasteiger charge is 2.42. The molecule has 1 saturated heterocycles. The molecule has 1 fully saturated rings. The Morgan fingerprint density at radius 1 is 0.857 bits per heavy atom. The van der Waals surface area contributed by atoms with Crippen LogP contribution in [-0.4, -0.2) is 74.9 Å². The van der Waals surface area contributed by atoms with E-state index < -0.39 is 17.9 Å². The summed E-state index contributed by atoms with van der Waals surface area (Å²) in [6.07, 6.45) is 0. The van der Waals surface area contributed by atoms with E-state index in [2.05, 4.69) is 25.4 Å². The van der Waals surface area contributed by atoms with Crippen molar-refractivity contribution in [2.75, 3.05) is 36.4 Å². The number of amides is 3. The third kappa shape index (κ3) is 4.30. The van der Waals surface area contributed by atoms with Crippen molar-refractivity contribution in [1.82, 2.24) is 25.0 Å². The molecule has 0 bridgehead atoms. The summed E-state index contributed by atoms with van der Waals surface area (Å²) in [5.41, 5.74) is 1.60. The normalized spacial score (nSPS) is 16.3. The Morgan fingerprint density at radius 3 is 2.14 bits per heavy atom. The highest BCUT2D eigenvalue weighted by Crippen LogP contribution is 2.25. The van der Waals surface area contributed by atoms with Gasteiger partial charge in [0.15, 0.2) is 11.6 Å². The largest absolute Gasteiger partial charge is 0.352 e. The first-order valence-corrected chi connectivity index (χ1v) is 11.5. The first-order chi connectivity index (χ1) is 16.9. The van der Waals surface area contributed by atoms with Gasteiger partial charge in [0.1, 0.15) is 11.9 Å². The number of pyridine rings is 1. The van der Waals surface area contributed by atoms with E-state index in [1.54, 1.807) is 36.1 Å². The van der Waals surface area contributed by atoms with Crippen molar-refractivity contribution in [3.8, 4) is 0 Å². The van der Waals surface area contributed by atoms with Crippen LogP contribution in [0.25, 0.3) is 0 Å². The molecule has 0 aliphatic carbocycles. The molecule has 1 atom stereocenters. The number of rotatable bonds is 5. The lowest BCUT2D eigenvalue weighted by molar-refractivity contribution is -0.135. The summed E-state index contributed by atoms with van der Waals surface area (Å²) >= 11 is 0. The summed E-state index contributed by atoms with van der Waals surface area (Å²) < 4.78 is 0. The molecule has 178 valence electrons. The van der Waals surface area contributed by atoms with Crippen LogP contribution in [0.3, 0.4) is 0 Å². The van der Waals surface area contributed by atoms with Crippen molar-refractivity contribution in [1.29, 1.82) is 0 Å². The minimum atomic E-state index is -0.866. The van der Waals surface area contributed by atoms with E-state index in [0.717, 1.165) is 10.6 Å². The summed E-state index contributed by atoms with van der Waals surface area (Å²) in [7, 11) is 0. The summed E-state index contributed by atoms with van der Waals surface area (Å²) in [4.78, 5) is 47.8. The number of carbonyl (C=O) groups is 3. The number of imide groups is 1. The number of piperazine rings is 1. The fourth-order valence-electron chi connectivity index (χ4n) is 4.39. The van der Waals surface area contributed by atoms with E-state index in [4.69, 9.17) is 0 Å². The monoisotopic (exact) mass is 471 g/mol. The number of hydrogen-bond donors (Lipinski definition) is 1. The zero-order valence-electron chi connectivity index (χ0n) is 19.5. The van der Waals surface area contributed by atoms with E-state index >= 15 is 0 Å². The van der Waals surface area contributed by atoms with Gasteiger partial charge >= 0.3 is 0 Å². The maximum absolute atomic E-state index is 13.1. The second-order valence-electron chi connectivity index (χ2n) is 8.58. The van der Waals surface area contributed by atoms with Gasteiger partial charge in [0, 0.05) is 31.9 Å². The van der Waals surface area contributed by atoms with Crippen molar-refractivity contribution in [2.45, 2.75) is 19.9 Å². The lowest BCUT2D eigenvalue weighted by atomic mass is 10.1. The smallest absolute Gasteiger partial charge is 0.262 e. The van der Waals surface area contributed by atoms with Crippen LogP contribution < -0.4 is 10.2 Å². The van der Waals surface area contributed by atoms with Crippen LogP contribution in [-0.2, 0) is 4.79 Å². The summed E-state index contributed by atoms with van der Waals surface area (Å²) in [5, 5.41) is 11.7. The summed E-state index contributed by atoms with van der Waals surface area (Å²) in [6, 6.07) is 15.2. The third-order valence-corrected chi connectivity index (χ3v) is 6.28. The number of fused-ring (bicyclic) bond motifs is 1. The lowest BCUT2D eigenvalue weighted by Gasteiger charge is -2.37. The van der Waals surface area contributed by atoms with Gasteiger partial charge in [-0.25, -0.2) is 4.98 Å². The number of benzene rings is 1. The Kier molecular flexibility index (Phi) is 5.86. The summed E-state index contributed by atoms with van der Waals surface area (Å²) in [5.74, 6) is 0.926. The van der Waals surface area contributed by atoms with Crippen LogP contribution in [0.1, 0.15) is 33.3 Å². The van der Waals surface area contributed by atoms with Crippen molar-refractivity contribution < 1.29 is 14.4 Å². The zero-order chi connectivity index (χ0) is 24.5. The molecular weight excluding hydrogens is 446 g/mol. The molecule has 2 aliphatic heterocycles. The van der Waals surface area contributed by atoms with E-state index in [1.807, 2.05) is 37.3 Å². The van der Waals surface area contributed by atoms with Gasteiger partial charge in [-0.15, -0.1) is 10.2 Å². The molecule has 2 aromatic heterocycles. The molecule has 0 saturated carbocycles. The maximum atomic E-state index is 13.1. The molecule has 10 heteroatoms. The molecule has 1 N–H and O–H groups in total. The van der Waals surface area contributed by atoms with Crippen molar-refractivity contribution >= 4 is 35.2 Å². The van der Waals surface area contributed by atoms with Crippen LogP contribution in [0.5, 0.6) is 0 Å². The Hall–Kier alpha value is -4.34. The predicted octanol–water partition coefficient (Wildman–Crippen LogP) is 2.26. The van der Waals surface area contributed by atoms with Gasteiger partial charge in [-0.2, -0.15) is 0 Å². The van der Waals surface area contributed by atoms with Gasteiger partial charge in [0.25, 0.3) is 11.8 Å². The van der Waals surface area contributed by atoms with Gasteiger partial charge < -0.3 is 15.1 Å². The minimum absolute atomic E-state index is 0.240. The SMILES string of the molecule is Cc1cccc(Nc2ccc(N3CCN(C(=O)C(C)N4C(=O)c5ccccc5C4=O)CC3)nn2)n1. The minimum Gasteiger partial charge on any atom is -0.352 e. The zero-order valence-corrected chi connectivity index (χ0v) is 19.5. The van der Waals surface area contributed by atoms with E-state index in [1.165, 1.54) is 0 Å². The van der Waals surface area contributed by atoms with Crippen LogP contribution in [0.4, 0.5) is 17.5 Å². The number of carbonyl (C=O) groups excluding carboxylic acids is 3. The fraction of sp³-hybridized carbons (Fsp3) is 0.280. The quantitative estimate of drug-likeness (QED) is 0.564. The van der Waals surface area contributed by atoms with Gasteiger partial charge in [0.05, 0.1) is 11.1 Å². The van der Waals surface area contributed by atoms with Crippen LogP contribution in [0.15, 0.2) is 54.6 Å². The molecule has 35 heavy (non-hydrogen) atoms. The van der Waals surface area contributed by atoms with E-state index in [0.29, 0.717) is 54.8 Å². The number of hydrogen-bond acceptors (Lipinski definition) is 8. The number of nitrogens with one attached hydrogen (secondary N) is 1. The second-order valence-corrected chi connectivity index (χ2v) is 8.58. The average Bonchev–Trinajstić information content (AvgIpc) is 3.14. The van der Waals surface area contributed by atoms with Crippen molar-refractivity contribution in [3.63, 3.8) is 0 Å². The first-order valence-electron chi connectivity index (χ1n) is 11.5. The highest BCUT2D eigenvalue weighted by molar-refractivity contribution is 6.22. The van der Waals surface area contributed by atoms with Crippen LogP contribution in [0.2, 0.25) is 0 Å². The first kappa shape index (κ1) is 22.5. The molecule has 0 spiro atoms. The van der Waals surface area contributed by atoms with Crippen LogP contribution in [0, 0.1) is 6.92 Å². The standard InChI is InChI=1S/C25H25N7O3/c1-16-6-5-9-20(26-16)27-21-10-11-22(29-28-21)30-12-14-31(15-13-30)23(33)17(2)32-24(34)18-7-3-4-8-19(18)25(32)35/h3-11,17H,12-15H2,1-2H3,(H,26,27,28). The molecular formula is C25H25N7O3. The topological polar surface area (TPSA) is 112 Å². The van der Waals surface area contributed by atoms with Gasteiger partial charge in [-0.1, -0.05) is 18.2 Å². The average molecular weight is 472 g/mol. The fourth-order valence-corrected chi connectivity index (χ4v) is 4.39. The lowest BCUT2D eigenvalue weighted by Crippen LogP contribution is -2.55. The van der Waals surface area contributed by atoms with E-state index in [9.17, 15) is 14.4 Å². The van der Waals surface area contributed by atoms with Gasteiger partial charge in [0.2, 0.25) is 5.91 Å². The highest BCUT2D eigenvalue weighted by atomic mass is 16.2. The van der Waals surface area contributed by atoms with Crippen molar-refractivity contribution in [3.05, 3.63) is 71.4 Å². The molecule has 5 rings (SSSR count). The molecule has 1 aromatic carbocycles. The number of anilines is 3. The molecule has 3 amide bonds. The second kappa shape index (κ2) is 9.13. The Bertz CT molecular complexity index is 1250. The molecule has 4 heterocycles. The van der Waals surface area contributed by atoms with E-state index in [-0.39, 0.29) is 5.91 Å². The Balaban J connectivity index is 1.18.